The van der Waals surface area contributed by atoms with Gasteiger partial charge in [-0.25, -0.2) is 0 Å². The van der Waals surface area contributed by atoms with E-state index in [1.807, 2.05) is 19.1 Å². The highest BCUT2D eigenvalue weighted by molar-refractivity contribution is 9.10. The van der Waals surface area contributed by atoms with Crippen LogP contribution in [0.4, 0.5) is 5.69 Å². The van der Waals surface area contributed by atoms with Gasteiger partial charge in [-0.05, 0) is 43.3 Å². The van der Waals surface area contributed by atoms with E-state index < -0.39 is 17.2 Å². The molecule has 3 aromatic rings. The molecule has 0 saturated carbocycles. The maximum Gasteiger partial charge on any atom is 0.279 e. The van der Waals surface area contributed by atoms with Crippen molar-refractivity contribution in [3.05, 3.63) is 80.7 Å². The zero-order valence-electron chi connectivity index (χ0n) is 13.2. The molecular formula is C18H14BrN3O3. The highest BCUT2D eigenvalue weighted by Crippen LogP contribution is 2.17. The Morgan fingerprint density at radius 1 is 1.12 bits per heavy atom. The Hall–Kier alpha value is -2.93. The lowest BCUT2D eigenvalue weighted by atomic mass is 10.2. The third-order valence-electron chi connectivity index (χ3n) is 3.51. The Kier molecular flexibility index (Phi) is 4.67. The first-order chi connectivity index (χ1) is 11.9. The molecule has 0 unspecified atom stereocenters. The number of benzene rings is 2. The van der Waals surface area contributed by atoms with E-state index in [4.69, 9.17) is 0 Å². The summed E-state index contributed by atoms with van der Waals surface area (Å²) in [5.74, 6) is -1.07. The third-order valence-corrected chi connectivity index (χ3v) is 4.04. The van der Waals surface area contributed by atoms with Crippen molar-refractivity contribution in [1.29, 1.82) is 0 Å². The maximum atomic E-state index is 12.4. The van der Waals surface area contributed by atoms with Gasteiger partial charge in [-0.2, -0.15) is 9.78 Å². The Balaban J connectivity index is 1.97. The number of carbonyl (C=O) groups is 1. The van der Waals surface area contributed by atoms with Gasteiger partial charge in [-0.15, -0.1) is 0 Å². The molecule has 0 aliphatic heterocycles. The molecule has 0 radical (unpaired) electrons. The largest absolute Gasteiger partial charge is 0.505 e. The van der Waals surface area contributed by atoms with Crippen LogP contribution in [0.15, 0.2) is 63.9 Å². The predicted octanol–water partition coefficient (Wildman–Crippen LogP) is 3.26. The number of anilines is 1. The maximum absolute atomic E-state index is 12.4. The minimum atomic E-state index is -0.604. The summed E-state index contributed by atoms with van der Waals surface area (Å²) < 4.78 is 1.91. The van der Waals surface area contributed by atoms with E-state index in [0.717, 1.165) is 20.8 Å². The van der Waals surface area contributed by atoms with Crippen LogP contribution in [0.3, 0.4) is 0 Å². The van der Waals surface area contributed by atoms with E-state index >= 15 is 0 Å². The van der Waals surface area contributed by atoms with Gasteiger partial charge < -0.3 is 10.4 Å². The predicted molar refractivity (Wildman–Crippen MR) is 98.3 cm³/mol. The average molecular weight is 400 g/mol. The molecule has 0 bridgehead atoms. The summed E-state index contributed by atoms with van der Waals surface area (Å²) in [4.78, 5) is 24.5. The topological polar surface area (TPSA) is 84.2 Å². The molecule has 0 atom stereocenters. The first-order valence-corrected chi connectivity index (χ1v) is 8.20. The van der Waals surface area contributed by atoms with Crippen LogP contribution in [-0.2, 0) is 0 Å². The van der Waals surface area contributed by atoms with E-state index in [1.54, 1.807) is 36.4 Å². The molecule has 6 nitrogen and oxygen atoms in total. The number of carbonyl (C=O) groups excluding carboxylic acids is 1. The summed E-state index contributed by atoms with van der Waals surface area (Å²) in [6.45, 7) is 1.94. The molecule has 1 aromatic heterocycles. The SMILES string of the molecule is Cc1ccc(NC(=O)c2nn(-c3ccc(Br)cc3)c(=O)cc2O)cc1. The number of aromatic hydroxyl groups is 1. The zero-order chi connectivity index (χ0) is 18.0. The fourth-order valence-electron chi connectivity index (χ4n) is 2.20. The molecule has 1 amide bonds. The molecule has 126 valence electrons. The smallest absolute Gasteiger partial charge is 0.279 e. The Bertz CT molecular complexity index is 980. The van der Waals surface area contributed by atoms with Gasteiger partial charge in [0.05, 0.1) is 5.69 Å². The lowest BCUT2D eigenvalue weighted by molar-refractivity contribution is 0.101. The van der Waals surface area contributed by atoms with Gasteiger partial charge in [0.25, 0.3) is 11.5 Å². The molecule has 2 aromatic carbocycles. The summed E-state index contributed by atoms with van der Waals surface area (Å²) in [5.41, 5.74) is 1.34. The van der Waals surface area contributed by atoms with Crippen LogP contribution in [0, 0.1) is 6.92 Å². The van der Waals surface area contributed by atoms with E-state index in [9.17, 15) is 14.7 Å². The fraction of sp³-hybridized carbons (Fsp3) is 0.0556. The standard InChI is InChI=1S/C18H14BrN3O3/c1-11-2-6-13(7-3-11)20-18(25)17-15(23)10-16(24)22(21-17)14-8-4-12(19)5-9-14/h2-10,23H,1H3,(H,20,25). The number of hydrogen-bond donors (Lipinski definition) is 2. The molecule has 2 N–H and O–H groups in total. The highest BCUT2D eigenvalue weighted by atomic mass is 79.9. The van der Waals surface area contributed by atoms with Crippen LogP contribution < -0.4 is 10.9 Å². The van der Waals surface area contributed by atoms with E-state index in [2.05, 4.69) is 26.3 Å². The van der Waals surface area contributed by atoms with Crippen LogP contribution >= 0.6 is 15.9 Å². The van der Waals surface area contributed by atoms with Crippen molar-refractivity contribution in [2.45, 2.75) is 6.92 Å². The zero-order valence-corrected chi connectivity index (χ0v) is 14.8. The van der Waals surface area contributed by atoms with Gasteiger partial charge in [0.2, 0.25) is 0 Å². The molecule has 0 aliphatic rings. The summed E-state index contributed by atoms with van der Waals surface area (Å²) in [5, 5.41) is 16.6. The van der Waals surface area contributed by atoms with Crippen molar-refractivity contribution in [3.63, 3.8) is 0 Å². The summed E-state index contributed by atoms with van der Waals surface area (Å²) >= 11 is 3.32. The van der Waals surface area contributed by atoms with Gasteiger partial charge >= 0.3 is 0 Å². The molecule has 0 aliphatic carbocycles. The van der Waals surface area contributed by atoms with Crippen molar-refractivity contribution in [2.75, 3.05) is 5.32 Å². The number of aryl methyl sites for hydroxylation is 1. The van der Waals surface area contributed by atoms with E-state index in [0.29, 0.717) is 11.4 Å². The number of rotatable bonds is 3. The van der Waals surface area contributed by atoms with Gasteiger partial charge in [0, 0.05) is 16.2 Å². The van der Waals surface area contributed by atoms with Crippen LogP contribution in [0.2, 0.25) is 0 Å². The van der Waals surface area contributed by atoms with E-state index in [1.165, 1.54) is 0 Å². The normalized spacial score (nSPS) is 10.5. The average Bonchev–Trinajstić information content (AvgIpc) is 2.58. The van der Waals surface area contributed by atoms with Gasteiger partial charge in [-0.3, -0.25) is 9.59 Å². The number of halogens is 1. The number of hydrogen-bond acceptors (Lipinski definition) is 4. The molecule has 1 heterocycles. The number of aromatic nitrogens is 2. The van der Waals surface area contributed by atoms with Crippen LogP contribution in [0.1, 0.15) is 16.1 Å². The lowest BCUT2D eigenvalue weighted by Gasteiger charge is -2.10. The van der Waals surface area contributed by atoms with Crippen LogP contribution in [0.25, 0.3) is 5.69 Å². The van der Waals surface area contributed by atoms with Crippen molar-refractivity contribution in [3.8, 4) is 11.4 Å². The monoisotopic (exact) mass is 399 g/mol. The minimum absolute atomic E-state index is 0.233. The van der Waals surface area contributed by atoms with Crippen molar-refractivity contribution < 1.29 is 9.90 Å². The summed E-state index contributed by atoms with van der Waals surface area (Å²) in [7, 11) is 0. The molecule has 25 heavy (non-hydrogen) atoms. The Morgan fingerprint density at radius 2 is 1.76 bits per heavy atom. The number of nitrogens with zero attached hydrogens (tertiary/aromatic N) is 2. The fourth-order valence-corrected chi connectivity index (χ4v) is 2.47. The molecule has 7 heteroatoms. The first-order valence-electron chi connectivity index (χ1n) is 7.41. The van der Waals surface area contributed by atoms with Gasteiger partial charge in [-0.1, -0.05) is 33.6 Å². The van der Waals surface area contributed by atoms with Crippen molar-refractivity contribution in [1.82, 2.24) is 9.78 Å². The third kappa shape index (κ3) is 3.77. The second-order valence-corrected chi connectivity index (χ2v) is 6.34. The van der Waals surface area contributed by atoms with E-state index in [-0.39, 0.29) is 5.69 Å². The second kappa shape index (κ2) is 6.90. The van der Waals surface area contributed by atoms with Crippen molar-refractivity contribution >= 4 is 27.5 Å². The first kappa shape index (κ1) is 16.9. The number of nitrogens with one attached hydrogen (secondary N) is 1. The van der Waals surface area contributed by atoms with Gasteiger partial charge in [0.15, 0.2) is 11.4 Å². The van der Waals surface area contributed by atoms with Gasteiger partial charge in [0.1, 0.15) is 0 Å². The molecule has 0 saturated heterocycles. The quantitative estimate of drug-likeness (QED) is 0.707. The minimum Gasteiger partial charge on any atom is -0.505 e. The number of amides is 1. The molecule has 0 fully saturated rings. The lowest BCUT2D eigenvalue weighted by Crippen LogP contribution is -2.25. The van der Waals surface area contributed by atoms with Crippen LogP contribution in [-0.4, -0.2) is 20.8 Å². The van der Waals surface area contributed by atoms with Crippen LogP contribution in [0.5, 0.6) is 5.75 Å². The molecule has 0 spiro atoms. The summed E-state index contributed by atoms with van der Waals surface area (Å²) in [6.07, 6.45) is 0. The second-order valence-electron chi connectivity index (χ2n) is 5.42. The summed E-state index contributed by atoms with van der Waals surface area (Å²) in [6, 6.07) is 15.0. The molecular weight excluding hydrogens is 386 g/mol. The van der Waals surface area contributed by atoms with Crippen molar-refractivity contribution in [2.24, 2.45) is 0 Å². The highest BCUT2D eigenvalue weighted by Gasteiger charge is 2.17. The Labute approximate surface area is 151 Å². The molecule has 3 rings (SSSR count). The Morgan fingerprint density at radius 3 is 2.40 bits per heavy atom.